The smallest absolute Gasteiger partial charge is 0.0564 e. The third-order valence-electron chi connectivity index (χ3n) is 2.64. The van der Waals surface area contributed by atoms with Crippen LogP contribution in [0.25, 0.3) is 0 Å². The van der Waals surface area contributed by atoms with E-state index in [2.05, 4.69) is 29.2 Å². The van der Waals surface area contributed by atoms with Crippen molar-refractivity contribution >= 4 is 5.69 Å². The first kappa shape index (κ1) is 12.9. The molecule has 0 unspecified atom stereocenters. The van der Waals surface area contributed by atoms with Crippen molar-refractivity contribution in [1.82, 2.24) is 9.88 Å². The van der Waals surface area contributed by atoms with Gasteiger partial charge in [0.1, 0.15) is 0 Å². The highest BCUT2D eigenvalue weighted by Crippen LogP contribution is 2.09. The number of rotatable bonds is 7. The van der Waals surface area contributed by atoms with Crippen LogP contribution < -0.4 is 11.3 Å². The lowest BCUT2D eigenvalue weighted by Gasteiger charge is -2.19. The summed E-state index contributed by atoms with van der Waals surface area (Å²) in [7, 11) is 0. The van der Waals surface area contributed by atoms with Gasteiger partial charge in [-0.15, -0.1) is 0 Å². The van der Waals surface area contributed by atoms with E-state index in [1.165, 1.54) is 12.8 Å². The second kappa shape index (κ2) is 7.19. The number of nitrogens with one attached hydrogen (secondary N) is 1. The highest BCUT2D eigenvalue weighted by atomic mass is 15.2. The summed E-state index contributed by atoms with van der Waals surface area (Å²) in [6, 6.07) is 3.86. The van der Waals surface area contributed by atoms with Crippen LogP contribution in [-0.4, -0.2) is 23.0 Å². The lowest BCUT2D eigenvalue weighted by molar-refractivity contribution is 0.272. The molecule has 4 heteroatoms. The van der Waals surface area contributed by atoms with Gasteiger partial charge in [0, 0.05) is 12.7 Å². The summed E-state index contributed by atoms with van der Waals surface area (Å²) in [5.41, 5.74) is 4.62. The quantitative estimate of drug-likeness (QED) is 0.547. The number of anilines is 1. The Kier molecular flexibility index (Phi) is 5.82. The fourth-order valence-electron chi connectivity index (χ4n) is 1.61. The van der Waals surface area contributed by atoms with Crippen molar-refractivity contribution in [3.8, 4) is 0 Å². The summed E-state index contributed by atoms with van der Waals surface area (Å²) in [4.78, 5) is 6.74. The van der Waals surface area contributed by atoms with Gasteiger partial charge in [0.25, 0.3) is 0 Å². The van der Waals surface area contributed by atoms with E-state index in [0.717, 1.165) is 31.0 Å². The van der Waals surface area contributed by atoms with Crippen LogP contribution in [0.1, 0.15) is 32.4 Å². The maximum atomic E-state index is 5.37. The Balaban J connectivity index is 2.55. The van der Waals surface area contributed by atoms with Gasteiger partial charge in [-0.3, -0.25) is 15.7 Å². The van der Waals surface area contributed by atoms with Crippen molar-refractivity contribution in [2.45, 2.75) is 33.2 Å². The molecule has 0 fully saturated rings. The van der Waals surface area contributed by atoms with Gasteiger partial charge in [-0.2, -0.15) is 0 Å². The predicted molar refractivity (Wildman–Crippen MR) is 67.9 cm³/mol. The van der Waals surface area contributed by atoms with E-state index in [-0.39, 0.29) is 0 Å². The Hall–Kier alpha value is -1.13. The third-order valence-corrected chi connectivity index (χ3v) is 2.64. The minimum absolute atomic E-state index is 0.895. The first-order valence-corrected chi connectivity index (χ1v) is 5.94. The monoisotopic (exact) mass is 222 g/mol. The number of hydrogen-bond donors (Lipinski definition) is 2. The number of hydrogen-bond acceptors (Lipinski definition) is 4. The van der Waals surface area contributed by atoms with Gasteiger partial charge < -0.3 is 5.43 Å². The molecule has 0 radical (unpaired) electrons. The summed E-state index contributed by atoms with van der Waals surface area (Å²) >= 11 is 0. The van der Waals surface area contributed by atoms with Crippen LogP contribution in [0.3, 0.4) is 0 Å². The predicted octanol–water partition coefficient (Wildman–Crippen LogP) is 1.99. The molecule has 1 heterocycles. The van der Waals surface area contributed by atoms with Gasteiger partial charge in [0.2, 0.25) is 0 Å². The van der Waals surface area contributed by atoms with Crippen molar-refractivity contribution in [2.75, 3.05) is 18.5 Å². The number of unbranched alkanes of at least 4 members (excludes halogenated alkanes) is 1. The maximum Gasteiger partial charge on any atom is 0.0564 e. The van der Waals surface area contributed by atoms with E-state index < -0.39 is 0 Å². The molecule has 0 aliphatic rings. The van der Waals surface area contributed by atoms with E-state index in [9.17, 15) is 0 Å². The largest absolute Gasteiger partial charge is 0.324 e. The van der Waals surface area contributed by atoms with Crippen molar-refractivity contribution in [3.05, 3.63) is 24.0 Å². The third kappa shape index (κ3) is 4.16. The van der Waals surface area contributed by atoms with Gasteiger partial charge >= 0.3 is 0 Å². The number of hydrazine groups is 1. The minimum Gasteiger partial charge on any atom is -0.324 e. The fourth-order valence-corrected chi connectivity index (χ4v) is 1.61. The Labute approximate surface area is 97.8 Å². The number of aromatic nitrogens is 1. The average molecular weight is 222 g/mol. The zero-order chi connectivity index (χ0) is 11.8. The standard InChI is InChI=1S/C12H22N4/c1-3-5-8-16(4-2)10-12-9-11(15-13)6-7-14-12/h6-7,9H,3-5,8,10,13H2,1-2H3,(H,14,15). The Morgan fingerprint density at radius 2 is 2.25 bits per heavy atom. The lowest BCUT2D eigenvalue weighted by Crippen LogP contribution is -2.24. The van der Waals surface area contributed by atoms with Gasteiger partial charge in [-0.05, 0) is 31.6 Å². The van der Waals surface area contributed by atoms with Crippen LogP contribution in [0.4, 0.5) is 5.69 Å². The van der Waals surface area contributed by atoms with Crippen LogP contribution in [0.2, 0.25) is 0 Å². The summed E-state index contributed by atoms with van der Waals surface area (Å²) in [6.45, 7) is 7.48. The summed E-state index contributed by atoms with van der Waals surface area (Å²) in [5, 5.41) is 0. The molecule has 4 nitrogen and oxygen atoms in total. The van der Waals surface area contributed by atoms with E-state index in [1.54, 1.807) is 6.20 Å². The molecule has 0 aromatic carbocycles. The molecule has 1 aromatic heterocycles. The molecule has 0 amide bonds. The highest BCUT2D eigenvalue weighted by molar-refractivity contribution is 5.41. The molecule has 0 spiro atoms. The van der Waals surface area contributed by atoms with E-state index in [4.69, 9.17) is 5.84 Å². The minimum atomic E-state index is 0.895. The average Bonchev–Trinajstić information content (AvgIpc) is 2.34. The van der Waals surface area contributed by atoms with Crippen molar-refractivity contribution in [1.29, 1.82) is 0 Å². The van der Waals surface area contributed by atoms with Crippen LogP contribution in [0.15, 0.2) is 18.3 Å². The Morgan fingerprint density at radius 1 is 1.44 bits per heavy atom. The number of nitrogens with zero attached hydrogens (tertiary/aromatic N) is 2. The summed E-state index contributed by atoms with van der Waals surface area (Å²) < 4.78 is 0. The SMILES string of the molecule is CCCCN(CC)Cc1cc(NN)ccn1. The number of nitrogen functional groups attached to an aromatic ring is 1. The van der Waals surface area contributed by atoms with E-state index in [1.807, 2.05) is 12.1 Å². The first-order chi connectivity index (χ1) is 7.80. The summed E-state index contributed by atoms with van der Waals surface area (Å²) in [5.74, 6) is 5.37. The molecule has 1 rings (SSSR count). The molecule has 0 saturated heterocycles. The molecular weight excluding hydrogens is 200 g/mol. The molecule has 0 aliphatic heterocycles. The molecular formula is C12H22N4. The Bertz CT molecular complexity index is 301. The molecule has 0 saturated carbocycles. The van der Waals surface area contributed by atoms with Crippen LogP contribution in [-0.2, 0) is 6.54 Å². The Morgan fingerprint density at radius 3 is 2.88 bits per heavy atom. The van der Waals surface area contributed by atoms with Crippen LogP contribution in [0, 0.1) is 0 Å². The van der Waals surface area contributed by atoms with E-state index in [0.29, 0.717) is 0 Å². The molecule has 16 heavy (non-hydrogen) atoms. The zero-order valence-corrected chi connectivity index (χ0v) is 10.2. The topological polar surface area (TPSA) is 54.2 Å². The van der Waals surface area contributed by atoms with Crippen molar-refractivity contribution in [3.63, 3.8) is 0 Å². The normalized spacial score (nSPS) is 10.8. The maximum absolute atomic E-state index is 5.37. The zero-order valence-electron chi connectivity index (χ0n) is 10.2. The van der Waals surface area contributed by atoms with Gasteiger partial charge in [0.05, 0.1) is 11.4 Å². The van der Waals surface area contributed by atoms with Crippen molar-refractivity contribution in [2.24, 2.45) is 5.84 Å². The fraction of sp³-hybridized carbons (Fsp3) is 0.583. The van der Waals surface area contributed by atoms with Gasteiger partial charge in [0.15, 0.2) is 0 Å². The molecule has 3 N–H and O–H groups in total. The molecule has 1 aromatic rings. The second-order valence-corrected chi connectivity index (χ2v) is 3.90. The van der Waals surface area contributed by atoms with Gasteiger partial charge in [-0.25, -0.2) is 0 Å². The molecule has 0 atom stereocenters. The van der Waals surface area contributed by atoms with E-state index >= 15 is 0 Å². The molecule has 0 aliphatic carbocycles. The van der Waals surface area contributed by atoms with Crippen LogP contribution >= 0.6 is 0 Å². The number of nitrogens with two attached hydrogens (primary N) is 1. The number of pyridine rings is 1. The summed E-state index contributed by atoms with van der Waals surface area (Å²) in [6.07, 6.45) is 4.26. The molecule has 90 valence electrons. The van der Waals surface area contributed by atoms with Crippen molar-refractivity contribution < 1.29 is 0 Å². The molecule has 0 bridgehead atoms. The van der Waals surface area contributed by atoms with Gasteiger partial charge in [-0.1, -0.05) is 20.3 Å². The lowest BCUT2D eigenvalue weighted by atomic mass is 10.2. The second-order valence-electron chi connectivity index (χ2n) is 3.90. The highest BCUT2D eigenvalue weighted by Gasteiger charge is 2.04. The first-order valence-electron chi connectivity index (χ1n) is 5.94. The van der Waals surface area contributed by atoms with Crippen LogP contribution in [0.5, 0.6) is 0 Å².